The molecule has 2 aliphatic heterocycles. The second-order valence-corrected chi connectivity index (χ2v) is 5.83. The minimum absolute atomic E-state index is 0. The molecular weight excluding hydrogens is 357 g/mol. The first-order valence-corrected chi connectivity index (χ1v) is 7.77. The topological polar surface area (TPSA) is 172 Å². The summed E-state index contributed by atoms with van der Waals surface area (Å²) >= 11 is 0. The van der Waals surface area contributed by atoms with Gasteiger partial charge in [0.25, 0.3) is 11.8 Å². The number of fused-ring (bicyclic) bond motifs is 2. The Hall–Kier alpha value is -1.43. The van der Waals surface area contributed by atoms with Gasteiger partial charge in [0.1, 0.15) is 12.5 Å². The summed E-state index contributed by atoms with van der Waals surface area (Å²) in [4.78, 5) is 36.2. The third kappa shape index (κ3) is 4.79. The van der Waals surface area contributed by atoms with Crippen LogP contribution in [0, 0.1) is 11.3 Å². The summed E-state index contributed by atoms with van der Waals surface area (Å²) in [5.41, 5.74) is 4.09. The predicted molar refractivity (Wildman–Crippen MR) is 68.0 cm³/mol. The molecule has 2 bridgehead atoms. The summed E-state index contributed by atoms with van der Waals surface area (Å²) in [6.45, 7) is 0.0125. The molecule has 2 heterocycles. The molecule has 0 saturated carbocycles. The number of piperidine rings is 1. The normalized spacial score (nSPS) is 22.4. The number of hydroxylamine groups is 2. The van der Waals surface area contributed by atoms with Crippen LogP contribution in [0.25, 0.3) is 0 Å². The number of carbonyl (C=O) groups excluding carboxylic acids is 3. The number of amides is 4. The summed E-state index contributed by atoms with van der Waals surface area (Å²) < 4.78 is 36.0. The first kappa shape index (κ1) is 20.6. The number of nitrogens with zero attached hydrogens (tertiary/aromatic N) is 3. The van der Waals surface area contributed by atoms with Crippen LogP contribution in [0.1, 0.15) is 19.3 Å². The Kier molecular flexibility index (Phi) is 6.96. The van der Waals surface area contributed by atoms with E-state index in [9.17, 15) is 27.4 Å². The monoisotopic (exact) mass is 369 g/mol. The Morgan fingerprint density at radius 2 is 2.04 bits per heavy atom. The first-order chi connectivity index (χ1) is 10.7. The molecule has 2 saturated heterocycles. The Morgan fingerprint density at radius 3 is 2.62 bits per heavy atom. The molecule has 2 rings (SSSR count). The Bertz CT molecular complexity index is 678. The van der Waals surface area contributed by atoms with Gasteiger partial charge in [0.2, 0.25) is 10.4 Å². The molecular formula is C10H12N5NaO7S. The van der Waals surface area contributed by atoms with Crippen molar-refractivity contribution in [1.82, 2.24) is 20.8 Å². The van der Waals surface area contributed by atoms with Gasteiger partial charge in [0.15, 0.2) is 0 Å². The maximum absolute atomic E-state index is 12.0. The Labute approximate surface area is 159 Å². The molecule has 2 atom stereocenters. The van der Waals surface area contributed by atoms with Crippen LogP contribution in [0.15, 0.2) is 0 Å². The number of nitrogens with one attached hydrogen (secondary N) is 2. The molecule has 0 aromatic carbocycles. The van der Waals surface area contributed by atoms with Crippen molar-refractivity contribution >= 4 is 28.2 Å². The molecule has 0 aliphatic carbocycles. The molecule has 24 heavy (non-hydrogen) atoms. The van der Waals surface area contributed by atoms with Gasteiger partial charge >= 0.3 is 35.6 Å². The van der Waals surface area contributed by atoms with E-state index in [0.717, 1.165) is 4.90 Å². The zero-order chi connectivity index (χ0) is 17.2. The summed E-state index contributed by atoms with van der Waals surface area (Å²) in [7, 11) is -5.10. The standard InChI is InChI=1S/C10H13N5O7S.Na/c11-4-3-8(16)12-13-9(17)7-2-1-6-5-14(7)10(18)15(6)22-23(19,20)21;/h6-7H,1-3,5H2,(H,12,16)(H,13,17)(H,19,20,21);/q;+1/p-1/t6-,7+;/m1./s1. The molecule has 2 N–H and O–H groups in total. The molecule has 126 valence electrons. The van der Waals surface area contributed by atoms with Gasteiger partial charge in [0, 0.05) is 6.54 Å². The zero-order valence-electron chi connectivity index (χ0n) is 12.6. The second kappa shape index (κ2) is 8.10. The first-order valence-electron chi connectivity index (χ1n) is 6.44. The van der Waals surface area contributed by atoms with Gasteiger partial charge in [-0.1, -0.05) is 0 Å². The number of nitriles is 1. The van der Waals surface area contributed by atoms with E-state index >= 15 is 0 Å². The number of hydrogen-bond donors (Lipinski definition) is 2. The third-order valence-corrected chi connectivity index (χ3v) is 3.71. The van der Waals surface area contributed by atoms with Crippen LogP contribution in [0.4, 0.5) is 4.79 Å². The average molecular weight is 369 g/mol. The number of hydrazine groups is 1. The number of urea groups is 1. The van der Waals surface area contributed by atoms with Crippen LogP contribution in [-0.2, 0) is 24.3 Å². The number of hydrogen-bond acceptors (Lipinski definition) is 8. The number of rotatable bonds is 4. The fraction of sp³-hybridized carbons (Fsp3) is 0.600. The minimum atomic E-state index is -5.10. The molecule has 12 nitrogen and oxygen atoms in total. The molecule has 4 amide bonds. The Balaban J connectivity index is 0.00000288. The van der Waals surface area contributed by atoms with E-state index in [1.807, 2.05) is 5.43 Å². The van der Waals surface area contributed by atoms with Crippen LogP contribution >= 0.6 is 0 Å². The fourth-order valence-corrected chi connectivity index (χ4v) is 2.81. The number of carbonyl (C=O) groups is 3. The summed E-state index contributed by atoms with van der Waals surface area (Å²) in [6.07, 6.45) is -0.0181. The van der Waals surface area contributed by atoms with Crippen molar-refractivity contribution in [1.29, 1.82) is 5.26 Å². The van der Waals surface area contributed by atoms with Crippen LogP contribution < -0.4 is 40.4 Å². The van der Waals surface area contributed by atoms with Gasteiger partial charge in [-0.2, -0.15) is 14.6 Å². The largest absolute Gasteiger partial charge is 1.00 e. The van der Waals surface area contributed by atoms with Gasteiger partial charge in [-0.3, -0.25) is 20.4 Å². The molecule has 2 aliphatic rings. The van der Waals surface area contributed by atoms with E-state index in [4.69, 9.17) is 5.26 Å². The van der Waals surface area contributed by atoms with Crippen LogP contribution in [-0.4, -0.2) is 59.4 Å². The van der Waals surface area contributed by atoms with E-state index in [1.165, 1.54) is 0 Å². The Morgan fingerprint density at radius 1 is 1.38 bits per heavy atom. The van der Waals surface area contributed by atoms with Crippen molar-refractivity contribution in [3.8, 4) is 6.07 Å². The molecule has 0 radical (unpaired) electrons. The predicted octanol–water partition coefficient (Wildman–Crippen LogP) is -5.29. The summed E-state index contributed by atoms with van der Waals surface area (Å²) in [6, 6.07) is -0.931. The van der Waals surface area contributed by atoms with Gasteiger partial charge in [0.05, 0.1) is 12.1 Å². The molecule has 0 spiro atoms. The van der Waals surface area contributed by atoms with Crippen molar-refractivity contribution in [2.75, 3.05) is 6.54 Å². The van der Waals surface area contributed by atoms with Crippen LogP contribution in [0.3, 0.4) is 0 Å². The van der Waals surface area contributed by atoms with Gasteiger partial charge in [-0.05, 0) is 12.8 Å². The van der Waals surface area contributed by atoms with Crippen LogP contribution in [0.2, 0.25) is 0 Å². The summed E-state index contributed by atoms with van der Waals surface area (Å²) in [5.74, 6) is -1.42. The quantitative estimate of drug-likeness (QED) is 0.214. The zero-order valence-corrected chi connectivity index (χ0v) is 15.4. The van der Waals surface area contributed by atoms with Crippen molar-refractivity contribution in [2.24, 2.45) is 0 Å². The van der Waals surface area contributed by atoms with Crippen molar-refractivity contribution < 1.29 is 61.2 Å². The third-order valence-electron chi connectivity index (χ3n) is 3.36. The summed E-state index contributed by atoms with van der Waals surface area (Å²) in [5, 5.41) is 8.77. The van der Waals surface area contributed by atoms with E-state index in [2.05, 4.69) is 9.71 Å². The molecule has 0 unspecified atom stereocenters. The van der Waals surface area contributed by atoms with Gasteiger partial charge in [-0.25, -0.2) is 13.2 Å². The second-order valence-electron chi connectivity index (χ2n) is 4.86. The smallest absolute Gasteiger partial charge is 0.724 e. The maximum atomic E-state index is 12.0. The molecule has 0 aromatic heterocycles. The van der Waals surface area contributed by atoms with E-state index < -0.39 is 46.7 Å². The SMILES string of the molecule is N#CCC(=O)NNC(=O)[C@@H]1CC[C@@H]2CN1C(=O)N2OS(=O)(=O)[O-].[Na+]. The van der Waals surface area contributed by atoms with Crippen molar-refractivity contribution in [3.63, 3.8) is 0 Å². The van der Waals surface area contributed by atoms with E-state index in [0.29, 0.717) is 5.06 Å². The van der Waals surface area contributed by atoms with Gasteiger partial charge in [-0.15, -0.1) is 0 Å². The minimum Gasteiger partial charge on any atom is -0.724 e. The van der Waals surface area contributed by atoms with E-state index in [1.54, 1.807) is 6.07 Å². The van der Waals surface area contributed by atoms with Crippen LogP contribution in [0.5, 0.6) is 0 Å². The maximum Gasteiger partial charge on any atom is 1.00 e. The average Bonchev–Trinajstić information content (AvgIpc) is 2.69. The molecule has 2 fully saturated rings. The van der Waals surface area contributed by atoms with Crippen molar-refractivity contribution in [2.45, 2.75) is 31.3 Å². The van der Waals surface area contributed by atoms with Crippen molar-refractivity contribution in [3.05, 3.63) is 0 Å². The van der Waals surface area contributed by atoms with Gasteiger partial charge < -0.3 is 9.45 Å². The van der Waals surface area contributed by atoms with E-state index in [-0.39, 0.29) is 48.9 Å². The molecule has 14 heteroatoms. The molecule has 0 aromatic rings. The fourth-order valence-electron chi connectivity index (χ4n) is 2.43.